The lowest BCUT2D eigenvalue weighted by Gasteiger charge is -2.11. The van der Waals surface area contributed by atoms with Gasteiger partial charge in [0.25, 0.3) is 5.91 Å². The van der Waals surface area contributed by atoms with Gasteiger partial charge in [0.1, 0.15) is 17.5 Å². The Kier molecular flexibility index (Phi) is 6.34. The molecule has 1 aliphatic carbocycles. The minimum Gasteiger partial charge on any atom is -0.310 e. The van der Waals surface area contributed by atoms with Crippen molar-refractivity contribution in [3.8, 4) is 11.3 Å². The van der Waals surface area contributed by atoms with E-state index < -0.39 is 29.2 Å². The van der Waals surface area contributed by atoms with Gasteiger partial charge in [-0.2, -0.15) is 5.10 Å². The summed E-state index contributed by atoms with van der Waals surface area (Å²) in [6.07, 6.45) is 4.02. The maximum absolute atomic E-state index is 13.5. The molecule has 1 aromatic heterocycles. The summed E-state index contributed by atoms with van der Waals surface area (Å²) in [7, 11) is 0. The SMILES string of the molecule is O=C(NC(Cc1cc(-c2cc(F)cc(F)c2)n[nH]1)=NC1CCCC1)c1ccc(F)c(F)c1. The second-order valence-electron chi connectivity index (χ2n) is 7.71. The first-order valence-corrected chi connectivity index (χ1v) is 10.2. The fraction of sp³-hybridized carbons (Fsp3) is 0.261. The zero-order chi connectivity index (χ0) is 22.7. The third-order valence-electron chi connectivity index (χ3n) is 5.25. The molecule has 2 aromatic carbocycles. The zero-order valence-electron chi connectivity index (χ0n) is 17.0. The summed E-state index contributed by atoms with van der Waals surface area (Å²) < 4.78 is 53.7. The van der Waals surface area contributed by atoms with Crippen LogP contribution in [0.1, 0.15) is 41.7 Å². The van der Waals surface area contributed by atoms with Crippen LogP contribution in [0.25, 0.3) is 11.3 Å². The molecule has 0 saturated heterocycles. The summed E-state index contributed by atoms with van der Waals surface area (Å²) >= 11 is 0. The number of amides is 1. The van der Waals surface area contributed by atoms with E-state index >= 15 is 0 Å². The number of carbonyl (C=O) groups is 1. The summed E-state index contributed by atoms with van der Waals surface area (Å²) in [6, 6.07) is 7.67. The average molecular weight is 444 g/mol. The van der Waals surface area contributed by atoms with Crippen LogP contribution in [0.2, 0.25) is 0 Å². The number of halogens is 4. The Morgan fingerprint density at radius 2 is 1.72 bits per heavy atom. The standard InChI is InChI=1S/C23H20F4N4O/c24-15-7-14(8-16(25)10-15)21-11-18(30-31-21)12-22(28-17-3-1-2-4-17)29-23(32)13-5-6-19(26)20(27)9-13/h5-11,17H,1-4,12H2,(H,30,31)(H,28,29,32). The van der Waals surface area contributed by atoms with Gasteiger partial charge in [0.05, 0.1) is 11.7 Å². The van der Waals surface area contributed by atoms with Crippen molar-refractivity contribution in [3.63, 3.8) is 0 Å². The normalized spacial score (nSPS) is 14.7. The van der Waals surface area contributed by atoms with Gasteiger partial charge in [-0.3, -0.25) is 14.9 Å². The molecule has 1 saturated carbocycles. The zero-order valence-corrected chi connectivity index (χ0v) is 17.0. The molecule has 4 rings (SSSR count). The molecule has 3 aromatic rings. The van der Waals surface area contributed by atoms with Gasteiger partial charge in [0.2, 0.25) is 0 Å². The molecular formula is C23H20F4N4O. The number of rotatable bonds is 5. The van der Waals surface area contributed by atoms with E-state index in [0.29, 0.717) is 17.2 Å². The number of hydrogen-bond acceptors (Lipinski definition) is 3. The molecule has 1 aliphatic rings. The van der Waals surface area contributed by atoms with Gasteiger partial charge in [0, 0.05) is 29.3 Å². The van der Waals surface area contributed by atoms with Crippen molar-refractivity contribution < 1.29 is 22.4 Å². The number of H-pyrrole nitrogens is 1. The van der Waals surface area contributed by atoms with Gasteiger partial charge in [-0.1, -0.05) is 12.8 Å². The first-order valence-electron chi connectivity index (χ1n) is 10.2. The van der Waals surface area contributed by atoms with Crippen LogP contribution < -0.4 is 5.32 Å². The Morgan fingerprint density at radius 3 is 2.41 bits per heavy atom. The van der Waals surface area contributed by atoms with Gasteiger partial charge in [-0.25, -0.2) is 17.6 Å². The summed E-state index contributed by atoms with van der Waals surface area (Å²) in [5.74, 6) is -3.87. The monoisotopic (exact) mass is 444 g/mol. The van der Waals surface area contributed by atoms with Crippen molar-refractivity contribution in [2.24, 2.45) is 4.99 Å². The van der Waals surface area contributed by atoms with E-state index in [1.54, 1.807) is 6.07 Å². The number of benzene rings is 2. The van der Waals surface area contributed by atoms with Gasteiger partial charge < -0.3 is 5.32 Å². The van der Waals surface area contributed by atoms with Gasteiger partial charge in [-0.05, 0) is 49.2 Å². The number of carbonyl (C=O) groups excluding carboxylic acids is 1. The Labute approximate surface area is 181 Å². The number of aliphatic imine (C=N–C) groups is 1. The van der Waals surface area contributed by atoms with Crippen molar-refractivity contribution in [1.82, 2.24) is 15.5 Å². The third-order valence-corrected chi connectivity index (χ3v) is 5.25. The number of nitrogens with one attached hydrogen (secondary N) is 2. The minimum atomic E-state index is -1.12. The van der Waals surface area contributed by atoms with E-state index in [9.17, 15) is 22.4 Å². The molecule has 0 unspecified atom stereocenters. The Bertz CT molecular complexity index is 1150. The highest BCUT2D eigenvalue weighted by atomic mass is 19.2. The van der Waals surface area contributed by atoms with Crippen LogP contribution in [0.5, 0.6) is 0 Å². The van der Waals surface area contributed by atoms with E-state index in [1.165, 1.54) is 18.2 Å². The van der Waals surface area contributed by atoms with Crippen molar-refractivity contribution in [2.75, 3.05) is 0 Å². The molecule has 0 aliphatic heterocycles. The lowest BCUT2D eigenvalue weighted by Crippen LogP contribution is -2.33. The molecular weight excluding hydrogens is 424 g/mol. The fourth-order valence-electron chi connectivity index (χ4n) is 3.70. The van der Waals surface area contributed by atoms with Crippen LogP contribution in [-0.4, -0.2) is 28.0 Å². The van der Waals surface area contributed by atoms with Crippen LogP contribution >= 0.6 is 0 Å². The number of aromatic amines is 1. The second kappa shape index (κ2) is 9.33. The predicted molar refractivity (Wildman–Crippen MR) is 111 cm³/mol. The molecule has 166 valence electrons. The summed E-state index contributed by atoms with van der Waals surface area (Å²) in [4.78, 5) is 17.2. The fourth-order valence-corrected chi connectivity index (χ4v) is 3.70. The highest BCUT2D eigenvalue weighted by Crippen LogP contribution is 2.23. The smallest absolute Gasteiger partial charge is 0.256 e. The van der Waals surface area contributed by atoms with Crippen molar-refractivity contribution in [1.29, 1.82) is 0 Å². The molecule has 0 radical (unpaired) electrons. The van der Waals surface area contributed by atoms with Crippen LogP contribution in [-0.2, 0) is 6.42 Å². The molecule has 0 bridgehead atoms. The highest BCUT2D eigenvalue weighted by molar-refractivity contribution is 6.06. The van der Waals surface area contributed by atoms with E-state index in [0.717, 1.165) is 43.9 Å². The Morgan fingerprint density at radius 1 is 1.00 bits per heavy atom. The molecule has 2 N–H and O–H groups in total. The van der Waals surface area contributed by atoms with Gasteiger partial charge in [-0.15, -0.1) is 0 Å². The summed E-state index contributed by atoms with van der Waals surface area (Å²) in [5.41, 5.74) is 1.13. The highest BCUT2D eigenvalue weighted by Gasteiger charge is 2.18. The van der Waals surface area contributed by atoms with Gasteiger partial charge in [0.15, 0.2) is 11.6 Å². The van der Waals surface area contributed by atoms with Gasteiger partial charge >= 0.3 is 0 Å². The lowest BCUT2D eigenvalue weighted by atomic mass is 10.1. The Balaban J connectivity index is 1.55. The molecule has 1 heterocycles. The predicted octanol–water partition coefficient (Wildman–Crippen LogP) is 4.95. The second-order valence-corrected chi connectivity index (χ2v) is 7.71. The van der Waals surface area contributed by atoms with Crippen molar-refractivity contribution in [3.05, 3.63) is 77.0 Å². The van der Waals surface area contributed by atoms with Crippen LogP contribution in [0, 0.1) is 23.3 Å². The topological polar surface area (TPSA) is 70.1 Å². The largest absolute Gasteiger partial charge is 0.310 e. The molecule has 9 heteroatoms. The maximum atomic E-state index is 13.5. The third kappa shape index (κ3) is 5.22. The van der Waals surface area contributed by atoms with E-state index in [4.69, 9.17) is 0 Å². The molecule has 1 amide bonds. The Hall–Kier alpha value is -3.49. The first-order chi connectivity index (χ1) is 15.4. The van der Waals surface area contributed by atoms with E-state index in [2.05, 4.69) is 20.5 Å². The number of hydrogen-bond donors (Lipinski definition) is 2. The number of aromatic nitrogens is 2. The number of amidine groups is 1. The molecule has 0 atom stereocenters. The van der Waals surface area contributed by atoms with E-state index in [1.807, 2.05) is 0 Å². The van der Waals surface area contributed by atoms with Crippen molar-refractivity contribution in [2.45, 2.75) is 38.1 Å². The first kappa shape index (κ1) is 21.7. The van der Waals surface area contributed by atoms with Crippen LogP contribution in [0.4, 0.5) is 17.6 Å². The van der Waals surface area contributed by atoms with Crippen LogP contribution in [0.15, 0.2) is 47.5 Å². The summed E-state index contributed by atoms with van der Waals surface area (Å²) in [5, 5.41) is 9.56. The molecule has 5 nitrogen and oxygen atoms in total. The quantitative estimate of drug-likeness (QED) is 0.332. The maximum Gasteiger partial charge on any atom is 0.256 e. The lowest BCUT2D eigenvalue weighted by molar-refractivity contribution is 0.0975. The minimum absolute atomic E-state index is 0.0384. The summed E-state index contributed by atoms with van der Waals surface area (Å²) in [6.45, 7) is 0. The van der Waals surface area contributed by atoms with E-state index in [-0.39, 0.29) is 23.6 Å². The molecule has 0 spiro atoms. The molecule has 32 heavy (non-hydrogen) atoms. The number of nitrogens with zero attached hydrogens (tertiary/aromatic N) is 2. The van der Waals surface area contributed by atoms with Crippen molar-refractivity contribution >= 4 is 11.7 Å². The van der Waals surface area contributed by atoms with Crippen LogP contribution in [0.3, 0.4) is 0 Å². The average Bonchev–Trinajstić information content (AvgIpc) is 3.41. The molecule has 1 fully saturated rings.